The normalized spacial score (nSPS) is 23.2. The first-order chi connectivity index (χ1) is 7.31. The van der Waals surface area contributed by atoms with Crippen molar-refractivity contribution in [3.63, 3.8) is 0 Å². The summed E-state index contributed by atoms with van der Waals surface area (Å²) in [7, 11) is 0. The van der Waals surface area contributed by atoms with Gasteiger partial charge in [-0.05, 0) is 32.4 Å². The van der Waals surface area contributed by atoms with Crippen molar-refractivity contribution in [3.05, 3.63) is 12.2 Å². The molecule has 0 bridgehead atoms. The molecule has 0 amide bonds. The van der Waals surface area contributed by atoms with Gasteiger partial charge in [0.25, 0.3) is 0 Å². The minimum Gasteiger partial charge on any atom is -0.394 e. The monoisotopic (exact) mass is 210 g/mol. The Balaban J connectivity index is 2.03. The lowest BCUT2D eigenvalue weighted by molar-refractivity contribution is 0.235. The van der Waals surface area contributed by atoms with E-state index < -0.39 is 0 Å². The Bertz CT molecular complexity index is 306. The molecule has 0 aromatic carbocycles. The highest BCUT2D eigenvalue weighted by Gasteiger charge is 2.19. The van der Waals surface area contributed by atoms with Crippen LogP contribution in [0.1, 0.15) is 25.2 Å². The lowest BCUT2D eigenvalue weighted by Gasteiger charge is -2.14. The summed E-state index contributed by atoms with van der Waals surface area (Å²) >= 11 is 0. The molecule has 0 saturated carbocycles. The predicted molar refractivity (Wildman–Crippen MR) is 56.5 cm³/mol. The first kappa shape index (κ1) is 10.6. The van der Waals surface area contributed by atoms with Crippen LogP contribution in [0.3, 0.4) is 0 Å². The Morgan fingerprint density at radius 1 is 1.73 bits per heavy atom. The van der Waals surface area contributed by atoms with Crippen LogP contribution < -0.4 is 5.32 Å². The first-order valence-corrected chi connectivity index (χ1v) is 5.51. The van der Waals surface area contributed by atoms with Crippen molar-refractivity contribution in [3.8, 4) is 0 Å². The molecule has 5 heteroatoms. The quantitative estimate of drug-likeness (QED) is 0.733. The number of nitrogens with one attached hydrogen (secondary N) is 1. The molecule has 1 aromatic rings. The molecule has 1 aromatic heterocycles. The average Bonchev–Trinajstić information content (AvgIpc) is 2.88. The summed E-state index contributed by atoms with van der Waals surface area (Å²) in [4.78, 5) is 0. The highest BCUT2D eigenvalue weighted by Crippen LogP contribution is 2.15. The van der Waals surface area contributed by atoms with E-state index in [4.69, 9.17) is 5.11 Å². The van der Waals surface area contributed by atoms with E-state index in [1.54, 1.807) is 6.33 Å². The smallest absolute Gasteiger partial charge is 0.133 e. The van der Waals surface area contributed by atoms with E-state index in [-0.39, 0.29) is 12.6 Å². The van der Waals surface area contributed by atoms with Crippen LogP contribution in [0.25, 0.3) is 0 Å². The molecule has 0 spiro atoms. The molecule has 2 N–H and O–H groups in total. The van der Waals surface area contributed by atoms with Gasteiger partial charge < -0.3 is 15.0 Å². The van der Waals surface area contributed by atoms with E-state index in [1.165, 1.54) is 6.42 Å². The summed E-state index contributed by atoms with van der Waals surface area (Å²) < 4.78 is 1.97. The SMILES string of the molecule is CC(CO)n1cnnc1CC1CCNC1. The van der Waals surface area contributed by atoms with Crippen LogP contribution in [-0.4, -0.2) is 39.6 Å². The third-order valence-corrected chi connectivity index (χ3v) is 3.02. The summed E-state index contributed by atoms with van der Waals surface area (Å²) in [6.45, 7) is 4.28. The number of hydrogen-bond donors (Lipinski definition) is 2. The molecule has 84 valence electrons. The second-order valence-electron chi connectivity index (χ2n) is 4.25. The molecular weight excluding hydrogens is 192 g/mol. The van der Waals surface area contributed by atoms with Crippen molar-refractivity contribution in [2.75, 3.05) is 19.7 Å². The standard InChI is InChI=1S/C10H18N4O/c1-8(6-15)14-7-12-13-10(14)4-9-2-3-11-5-9/h7-9,11,15H,2-6H2,1H3. The number of aliphatic hydroxyl groups is 1. The van der Waals surface area contributed by atoms with Gasteiger partial charge in [0.05, 0.1) is 12.6 Å². The van der Waals surface area contributed by atoms with Crippen molar-refractivity contribution in [1.29, 1.82) is 0 Å². The van der Waals surface area contributed by atoms with Crippen LogP contribution in [0.2, 0.25) is 0 Å². The van der Waals surface area contributed by atoms with Gasteiger partial charge in [-0.2, -0.15) is 0 Å². The van der Waals surface area contributed by atoms with Crippen molar-refractivity contribution >= 4 is 0 Å². The molecular formula is C10H18N4O. The Labute approximate surface area is 89.5 Å². The summed E-state index contributed by atoms with van der Waals surface area (Å²) in [6, 6.07) is 0.0735. The Morgan fingerprint density at radius 3 is 3.27 bits per heavy atom. The maximum Gasteiger partial charge on any atom is 0.133 e. The number of aliphatic hydroxyl groups excluding tert-OH is 1. The minimum atomic E-state index is 0.0735. The molecule has 2 heterocycles. The van der Waals surface area contributed by atoms with Crippen molar-refractivity contribution < 1.29 is 5.11 Å². The van der Waals surface area contributed by atoms with Gasteiger partial charge in [-0.15, -0.1) is 10.2 Å². The van der Waals surface area contributed by atoms with Gasteiger partial charge in [0.2, 0.25) is 0 Å². The zero-order valence-corrected chi connectivity index (χ0v) is 9.06. The molecule has 1 aliphatic heterocycles. The van der Waals surface area contributed by atoms with Crippen molar-refractivity contribution in [1.82, 2.24) is 20.1 Å². The zero-order chi connectivity index (χ0) is 10.7. The van der Waals surface area contributed by atoms with Crippen LogP contribution in [-0.2, 0) is 6.42 Å². The largest absolute Gasteiger partial charge is 0.394 e. The van der Waals surface area contributed by atoms with Crippen LogP contribution in [0.4, 0.5) is 0 Å². The summed E-state index contributed by atoms with van der Waals surface area (Å²) in [5.74, 6) is 1.66. The maximum atomic E-state index is 9.10. The predicted octanol–water partition coefficient (Wildman–Crippen LogP) is -0.0166. The maximum absolute atomic E-state index is 9.10. The summed E-state index contributed by atoms with van der Waals surface area (Å²) in [5, 5.41) is 20.5. The van der Waals surface area contributed by atoms with Crippen LogP contribution in [0, 0.1) is 5.92 Å². The Kier molecular flexibility index (Phi) is 3.33. The van der Waals surface area contributed by atoms with Gasteiger partial charge in [0, 0.05) is 6.42 Å². The Hall–Kier alpha value is -0.940. The molecule has 2 unspecified atom stereocenters. The third-order valence-electron chi connectivity index (χ3n) is 3.02. The fourth-order valence-corrected chi connectivity index (χ4v) is 2.02. The molecule has 0 aliphatic carbocycles. The average molecular weight is 210 g/mol. The molecule has 5 nitrogen and oxygen atoms in total. The van der Waals surface area contributed by atoms with E-state index in [9.17, 15) is 0 Å². The van der Waals surface area contributed by atoms with E-state index in [2.05, 4.69) is 15.5 Å². The highest BCUT2D eigenvalue weighted by molar-refractivity contribution is 4.92. The topological polar surface area (TPSA) is 63.0 Å². The van der Waals surface area contributed by atoms with E-state index in [0.717, 1.165) is 25.3 Å². The number of rotatable bonds is 4. The van der Waals surface area contributed by atoms with Gasteiger partial charge in [-0.25, -0.2) is 0 Å². The van der Waals surface area contributed by atoms with Gasteiger partial charge in [-0.3, -0.25) is 0 Å². The molecule has 1 fully saturated rings. The second kappa shape index (κ2) is 4.72. The molecule has 2 atom stereocenters. The van der Waals surface area contributed by atoms with E-state index in [1.807, 2.05) is 11.5 Å². The minimum absolute atomic E-state index is 0.0735. The van der Waals surface area contributed by atoms with Gasteiger partial charge in [-0.1, -0.05) is 0 Å². The summed E-state index contributed by atoms with van der Waals surface area (Å²) in [6.07, 6.45) is 3.87. The number of aromatic nitrogens is 3. The summed E-state index contributed by atoms with van der Waals surface area (Å²) in [5.41, 5.74) is 0. The van der Waals surface area contributed by atoms with Crippen LogP contribution in [0.15, 0.2) is 6.33 Å². The first-order valence-electron chi connectivity index (χ1n) is 5.51. The number of hydrogen-bond acceptors (Lipinski definition) is 4. The fourth-order valence-electron chi connectivity index (χ4n) is 2.02. The molecule has 15 heavy (non-hydrogen) atoms. The van der Waals surface area contributed by atoms with Crippen molar-refractivity contribution in [2.24, 2.45) is 5.92 Å². The Morgan fingerprint density at radius 2 is 2.60 bits per heavy atom. The van der Waals surface area contributed by atoms with Gasteiger partial charge in [0.15, 0.2) is 0 Å². The second-order valence-corrected chi connectivity index (χ2v) is 4.25. The van der Waals surface area contributed by atoms with Gasteiger partial charge in [0.1, 0.15) is 12.2 Å². The highest BCUT2D eigenvalue weighted by atomic mass is 16.3. The van der Waals surface area contributed by atoms with E-state index in [0.29, 0.717) is 5.92 Å². The van der Waals surface area contributed by atoms with Gasteiger partial charge >= 0.3 is 0 Å². The van der Waals surface area contributed by atoms with Crippen LogP contribution >= 0.6 is 0 Å². The molecule has 1 aliphatic rings. The molecule has 1 saturated heterocycles. The zero-order valence-electron chi connectivity index (χ0n) is 9.06. The third kappa shape index (κ3) is 2.35. The van der Waals surface area contributed by atoms with Crippen LogP contribution in [0.5, 0.6) is 0 Å². The lowest BCUT2D eigenvalue weighted by Crippen LogP contribution is -2.16. The lowest BCUT2D eigenvalue weighted by atomic mass is 10.0. The molecule has 2 rings (SSSR count). The van der Waals surface area contributed by atoms with Crippen molar-refractivity contribution in [2.45, 2.75) is 25.8 Å². The van der Waals surface area contributed by atoms with E-state index >= 15 is 0 Å². The number of nitrogens with zero attached hydrogens (tertiary/aromatic N) is 3. The molecule has 0 radical (unpaired) electrons. The fraction of sp³-hybridized carbons (Fsp3) is 0.800.